The van der Waals surface area contributed by atoms with Gasteiger partial charge in [-0.15, -0.1) is 0 Å². The lowest BCUT2D eigenvalue weighted by atomic mass is 9.89. The molecular weight excluding hydrogens is 254 g/mol. The largest absolute Gasteiger partial charge is 0.474 e. The molecule has 1 heterocycles. The summed E-state index contributed by atoms with van der Waals surface area (Å²) in [5, 5.41) is 3.04. The van der Waals surface area contributed by atoms with Gasteiger partial charge in [-0.3, -0.25) is 0 Å². The molecule has 0 atom stereocenters. The number of hydrogen-bond acceptors (Lipinski definition) is 5. The van der Waals surface area contributed by atoms with Crippen molar-refractivity contribution in [1.82, 2.24) is 9.97 Å². The highest BCUT2D eigenvalue weighted by atomic mass is 16.5. The molecule has 1 aliphatic rings. The summed E-state index contributed by atoms with van der Waals surface area (Å²) in [6, 6.07) is 1.85. The Bertz CT molecular complexity index is 418. The van der Waals surface area contributed by atoms with Gasteiger partial charge in [0.05, 0.1) is 0 Å². The van der Waals surface area contributed by atoms with Gasteiger partial charge in [-0.1, -0.05) is 6.92 Å². The molecule has 1 aromatic heterocycles. The highest BCUT2D eigenvalue weighted by Crippen LogP contribution is 2.27. The molecule has 0 radical (unpaired) electrons. The van der Waals surface area contributed by atoms with E-state index in [0.717, 1.165) is 24.6 Å². The lowest BCUT2D eigenvalue weighted by molar-refractivity contribution is 0.119. The Kier molecular flexibility index (Phi) is 5.59. The highest BCUT2D eigenvalue weighted by molar-refractivity contribution is 5.37. The Morgan fingerprint density at radius 3 is 2.65 bits per heavy atom. The number of anilines is 1. The summed E-state index contributed by atoms with van der Waals surface area (Å²) < 4.78 is 11.4. The second-order valence-corrected chi connectivity index (χ2v) is 5.39. The predicted octanol–water partition coefficient (Wildman–Crippen LogP) is 3.01. The maximum atomic E-state index is 6.02. The first-order valence-electron chi connectivity index (χ1n) is 7.51. The highest BCUT2D eigenvalue weighted by Gasteiger charge is 2.20. The second kappa shape index (κ2) is 7.43. The molecule has 0 spiro atoms. The molecule has 5 nitrogen and oxygen atoms in total. The van der Waals surface area contributed by atoms with E-state index in [1.807, 2.05) is 20.0 Å². The molecule has 2 rings (SSSR count). The van der Waals surface area contributed by atoms with Crippen LogP contribution in [0.5, 0.6) is 5.88 Å². The third-order valence-corrected chi connectivity index (χ3v) is 3.69. The van der Waals surface area contributed by atoms with Crippen LogP contribution in [0, 0.1) is 5.92 Å². The van der Waals surface area contributed by atoms with Gasteiger partial charge in [0.2, 0.25) is 5.88 Å². The Morgan fingerprint density at radius 2 is 2.00 bits per heavy atom. The fraction of sp³-hybridized carbons (Fsp3) is 0.733. The summed E-state index contributed by atoms with van der Waals surface area (Å²) in [7, 11) is 1.85. The molecule has 0 aliphatic heterocycles. The fourth-order valence-corrected chi connectivity index (χ4v) is 2.44. The summed E-state index contributed by atoms with van der Waals surface area (Å²) in [5.74, 6) is 2.91. The summed E-state index contributed by atoms with van der Waals surface area (Å²) >= 11 is 0. The third kappa shape index (κ3) is 4.34. The van der Waals surface area contributed by atoms with Crippen LogP contribution in [-0.4, -0.2) is 29.7 Å². The molecule has 0 bridgehead atoms. The van der Waals surface area contributed by atoms with Gasteiger partial charge in [0.25, 0.3) is 0 Å². The number of hydrogen-bond donors (Lipinski definition) is 1. The van der Waals surface area contributed by atoms with E-state index < -0.39 is 0 Å². The minimum absolute atomic E-state index is 0.283. The summed E-state index contributed by atoms with van der Waals surface area (Å²) in [4.78, 5) is 8.80. The number of aromatic nitrogens is 2. The van der Waals surface area contributed by atoms with Crippen molar-refractivity contribution in [1.29, 1.82) is 0 Å². The minimum atomic E-state index is 0.283. The first kappa shape index (κ1) is 15.0. The zero-order valence-electron chi connectivity index (χ0n) is 12.7. The van der Waals surface area contributed by atoms with Crippen molar-refractivity contribution in [3.63, 3.8) is 0 Å². The molecule has 1 saturated carbocycles. The summed E-state index contributed by atoms with van der Waals surface area (Å²) in [6.45, 7) is 5.34. The number of nitrogens with one attached hydrogen (secondary N) is 1. The standard InChI is InChI=1S/C15H25N3O2/c1-4-19-10-14-17-13(16-3)9-15(18-14)20-12-7-5-11(2)6-8-12/h9,11-12H,4-8,10H2,1-3H3,(H,16,17,18). The van der Waals surface area contributed by atoms with Crippen molar-refractivity contribution in [2.24, 2.45) is 5.92 Å². The van der Waals surface area contributed by atoms with Crippen LogP contribution < -0.4 is 10.1 Å². The maximum Gasteiger partial charge on any atom is 0.219 e. The van der Waals surface area contributed by atoms with Gasteiger partial charge in [0, 0.05) is 19.7 Å². The van der Waals surface area contributed by atoms with E-state index in [4.69, 9.17) is 9.47 Å². The average molecular weight is 279 g/mol. The molecule has 0 amide bonds. The van der Waals surface area contributed by atoms with Crippen LogP contribution in [0.25, 0.3) is 0 Å². The molecule has 1 aromatic rings. The van der Waals surface area contributed by atoms with Crippen molar-refractivity contribution in [2.75, 3.05) is 19.0 Å². The Balaban J connectivity index is 2.02. The molecule has 1 N–H and O–H groups in total. The van der Waals surface area contributed by atoms with E-state index in [1.54, 1.807) is 0 Å². The topological polar surface area (TPSA) is 56.3 Å². The fourth-order valence-electron chi connectivity index (χ4n) is 2.44. The Hall–Kier alpha value is -1.36. The molecule has 5 heteroatoms. The first-order valence-corrected chi connectivity index (χ1v) is 7.51. The zero-order valence-corrected chi connectivity index (χ0v) is 12.7. The predicted molar refractivity (Wildman–Crippen MR) is 79.0 cm³/mol. The monoisotopic (exact) mass is 279 g/mol. The molecule has 20 heavy (non-hydrogen) atoms. The lowest BCUT2D eigenvalue weighted by Gasteiger charge is -2.26. The normalized spacial score (nSPS) is 22.6. The smallest absolute Gasteiger partial charge is 0.219 e. The van der Waals surface area contributed by atoms with Gasteiger partial charge in [0.15, 0.2) is 5.82 Å². The average Bonchev–Trinajstić information content (AvgIpc) is 2.47. The zero-order chi connectivity index (χ0) is 14.4. The first-order chi connectivity index (χ1) is 9.71. The number of rotatable bonds is 6. The van der Waals surface area contributed by atoms with E-state index in [1.165, 1.54) is 12.8 Å². The molecular formula is C15H25N3O2. The van der Waals surface area contributed by atoms with Crippen LogP contribution in [0.1, 0.15) is 45.4 Å². The molecule has 0 saturated heterocycles. The van der Waals surface area contributed by atoms with Crippen LogP contribution in [0.15, 0.2) is 6.07 Å². The summed E-state index contributed by atoms with van der Waals surface area (Å²) in [6.07, 6.45) is 4.98. The SMILES string of the molecule is CCOCc1nc(NC)cc(OC2CCC(C)CC2)n1. The van der Waals surface area contributed by atoms with Gasteiger partial charge < -0.3 is 14.8 Å². The lowest BCUT2D eigenvalue weighted by Crippen LogP contribution is -2.23. The number of ether oxygens (including phenoxy) is 2. The Morgan fingerprint density at radius 1 is 1.25 bits per heavy atom. The van der Waals surface area contributed by atoms with Crippen LogP contribution in [0.2, 0.25) is 0 Å². The van der Waals surface area contributed by atoms with E-state index >= 15 is 0 Å². The van der Waals surface area contributed by atoms with Gasteiger partial charge in [-0.25, -0.2) is 4.98 Å². The molecule has 0 aromatic carbocycles. The van der Waals surface area contributed by atoms with Gasteiger partial charge >= 0.3 is 0 Å². The summed E-state index contributed by atoms with van der Waals surface area (Å²) in [5.41, 5.74) is 0. The van der Waals surface area contributed by atoms with Crippen molar-refractivity contribution >= 4 is 5.82 Å². The second-order valence-electron chi connectivity index (χ2n) is 5.39. The molecule has 1 aliphatic carbocycles. The minimum Gasteiger partial charge on any atom is -0.474 e. The van der Waals surface area contributed by atoms with Crippen molar-refractivity contribution in [2.45, 2.75) is 52.2 Å². The Labute approximate surface area is 121 Å². The molecule has 1 fully saturated rings. The van der Waals surface area contributed by atoms with Gasteiger partial charge in [-0.2, -0.15) is 4.98 Å². The third-order valence-electron chi connectivity index (χ3n) is 3.69. The quantitative estimate of drug-likeness (QED) is 0.867. The van der Waals surface area contributed by atoms with Crippen molar-refractivity contribution in [3.05, 3.63) is 11.9 Å². The van der Waals surface area contributed by atoms with Crippen LogP contribution in [0.3, 0.4) is 0 Å². The molecule has 112 valence electrons. The van der Waals surface area contributed by atoms with E-state index in [2.05, 4.69) is 22.2 Å². The number of nitrogens with zero attached hydrogens (tertiary/aromatic N) is 2. The van der Waals surface area contributed by atoms with Crippen molar-refractivity contribution < 1.29 is 9.47 Å². The van der Waals surface area contributed by atoms with Gasteiger partial charge in [-0.05, 0) is 38.5 Å². The molecule has 0 unspecified atom stereocenters. The van der Waals surface area contributed by atoms with Crippen LogP contribution >= 0.6 is 0 Å². The van der Waals surface area contributed by atoms with Crippen LogP contribution in [0.4, 0.5) is 5.82 Å². The maximum absolute atomic E-state index is 6.02. The van der Waals surface area contributed by atoms with E-state index in [9.17, 15) is 0 Å². The van der Waals surface area contributed by atoms with Crippen molar-refractivity contribution in [3.8, 4) is 5.88 Å². The van der Waals surface area contributed by atoms with Crippen LogP contribution in [-0.2, 0) is 11.3 Å². The van der Waals surface area contributed by atoms with E-state index in [-0.39, 0.29) is 6.10 Å². The van der Waals surface area contributed by atoms with E-state index in [0.29, 0.717) is 24.9 Å². The van der Waals surface area contributed by atoms with Gasteiger partial charge in [0.1, 0.15) is 18.5 Å².